The van der Waals surface area contributed by atoms with Gasteiger partial charge in [-0.3, -0.25) is 9.69 Å². The van der Waals surface area contributed by atoms with E-state index in [1.807, 2.05) is 18.2 Å². The minimum atomic E-state index is -0.0520. The molecule has 1 fully saturated rings. The molecule has 4 heteroatoms. The van der Waals surface area contributed by atoms with Crippen LogP contribution in [0.5, 0.6) is 0 Å². The molecule has 2 aromatic rings. The van der Waals surface area contributed by atoms with Crippen LogP contribution in [0, 0.1) is 0 Å². The van der Waals surface area contributed by atoms with Gasteiger partial charge in [-0.25, -0.2) is 0 Å². The van der Waals surface area contributed by atoms with Crippen LogP contribution in [0.2, 0.25) is 0 Å². The predicted molar refractivity (Wildman–Crippen MR) is 84.5 cm³/mol. The Balaban J connectivity index is 1.72. The second-order valence-electron chi connectivity index (χ2n) is 5.63. The van der Waals surface area contributed by atoms with Gasteiger partial charge in [-0.2, -0.15) is 0 Å². The summed E-state index contributed by atoms with van der Waals surface area (Å²) in [5.41, 5.74) is 3.74. The topological polar surface area (TPSA) is 32.3 Å². The number of nitrogens with zero attached hydrogens (tertiary/aromatic N) is 1. The van der Waals surface area contributed by atoms with E-state index >= 15 is 0 Å². The maximum absolute atomic E-state index is 12.3. The normalized spacial score (nSPS) is 24.3. The van der Waals surface area contributed by atoms with Crippen molar-refractivity contribution < 1.29 is 4.79 Å². The van der Waals surface area contributed by atoms with Crippen LogP contribution in [0.3, 0.4) is 0 Å². The third-order valence-corrected chi connectivity index (χ3v) is 4.86. The zero-order chi connectivity index (χ0) is 14.4. The first-order chi connectivity index (χ1) is 10.2. The molecule has 2 heterocycles. The smallest absolute Gasteiger partial charge is 0.239 e. The van der Waals surface area contributed by atoms with Gasteiger partial charge in [0.1, 0.15) is 6.17 Å². The maximum Gasteiger partial charge on any atom is 0.239 e. The average molecular weight is 343 g/mol. The van der Waals surface area contributed by atoms with E-state index in [0.717, 1.165) is 23.0 Å². The lowest BCUT2D eigenvalue weighted by Gasteiger charge is -2.33. The first kappa shape index (κ1) is 13.0. The molecule has 4 rings (SSSR count). The second-order valence-corrected chi connectivity index (χ2v) is 6.54. The molecule has 0 bridgehead atoms. The van der Waals surface area contributed by atoms with Gasteiger partial charge in [0.2, 0.25) is 5.91 Å². The van der Waals surface area contributed by atoms with Crippen molar-refractivity contribution in [2.45, 2.75) is 25.2 Å². The first-order valence-corrected chi connectivity index (χ1v) is 7.90. The summed E-state index contributed by atoms with van der Waals surface area (Å²) in [5.74, 6) is 0.134. The Kier molecular flexibility index (Phi) is 3.08. The van der Waals surface area contributed by atoms with E-state index in [2.05, 4.69) is 56.5 Å². The van der Waals surface area contributed by atoms with Crippen LogP contribution >= 0.6 is 15.9 Å². The lowest BCUT2D eigenvalue weighted by Crippen LogP contribution is -2.39. The zero-order valence-corrected chi connectivity index (χ0v) is 13.0. The number of carbonyl (C=O) groups is 1. The fraction of sp³-hybridized carbons (Fsp3) is 0.235. The molecule has 3 nitrogen and oxygen atoms in total. The summed E-state index contributed by atoms with van der Waals surface area (Å²) >= 11 is 3.51. The number of rotatable bonds is 1. The maximum atomic E-state index is 12.3. The number of benzene rings is 2. The number of amides is 1. The molecule has 0 saturated carbocycles. The molecule has 1 saturated heterocycles. The van der Waals surface area contributed by atoms with Gasteiger partial charge in [0, 0.05) is 11.0 Å². The second kappa shape index (κ2) is 4.97. The Morgan fingerprint density at radius 1 is 1.10 bits per heavy atom. The van der Waals surface area contributed by atoms with E-state index in [1.54, 1.807) is 0 Å². The summed E-state index contributed by atoms with van der Waals surface area (Å²) < 4.78 is 1.04. The van der Waals surface area contributed by atoms with E-state index in [0.29, 0.717) is 0 Å². The lowest BCUT2D eigenvalue weighted by molar-refractivity contribution is -0.121. The molecule has 2 atom stereocenters. The van der Waals surface area contributed by atoms with Crippen LogP contribution in [-0.2, 0) is 17.8 Å². The lowest BCUT2D eigenvalue weighted by atomic mass is 9.94. The first-order valence-electron chi connectivity index (χ1n) is 7.11. The van der Waals surface area contributed by atoms with Gasteiger partial charge in [-0.05, 0) is 35.2 Å². The standard InChI is InChI=1S/C17H15BrN2O/c18-14-7-3-6-12(8-14)16-19-17(21)15-9-11-4-1-2-5-13(11)10-20(15)16/h1-8,15-16H,9-10H2,(H,19,21). The predicted octanol–water partition coefficient (Wildman–Crippen LogP) is 3.00. The van der Waals surface area contributed by atoms with Crippen LogP contribution < -0.4 is 5.32 Å². The third-order valence-electron chi connectivity index (χ3n) is 4.36. The molecule has 0 spiro atoms. The van der Waals surface area contributed by atoms with Gasteiger partial charge < -0.3 is 5.32 Å². The Bertz CT molecular complexity index is 715. The van der Waals surface area contributed by atoms with Crippen LogP contribution in [-0.4, -0.2) is 16.8 Å². The highest BCUT2D eigenvalue weighted by atomic mass is 79.9. The monoisotopic (exact) mass is 342 g/mol. The summed E-state index contributed by atoms with van der Waals surface area (Å²) in [7, 11) is 0. The molecule has 1 amide bonds. The zero-order valence-electron chi connectivity index (χ0n) is 11.4. The number of fused-ring (bicyclic) bond motifs is 2. The van der Waals surface area contributed by atoms with Gasteiger partial charge in [0.25, 0.3) is 0 Å². The van der Waals surface area contributed by atoms with Crippen molar-refractivity contribution in [1.82, 2.24) is 10.2 Å². The number of hydrogen-bond donors (Lipinski definition) is 1. The van der Waals surface area contributed by atoms with Gasteiger partial charge in [0.15, 0.2) is 0 Å². The van der Waals surface area contributed by atoms with Crippen molar-refractivity contribution in [2.75, 3.05) is 0 Å². The molecule has 0 aliphatic carbocycles. The number of nitrogens with one attached hydrogen (secondary N) is 1. The minimum Gasteiger partial charge on any atom is -0.335 e. The van der Waals surface area contributed by atoms with Gasteiger partial charge in [-0.15, -0.1) is 0 Å². The summed E-state index contributed by atoms with van der Waals surface area (Å²) in [6.45, 7) is 0.816. The summed E-state index contributed by atoms with van der Waals surface area (Å²) in [6.07, 6.45) is 0.764. The van der Waals surface area contributed by atoms with Crippen molar-refractivity contribution in [2.24, 2.45) is 0 Å². The molecule has 2 aliphatic rings. The van der Waals surface area contributed by atoms with Crippen LogP contribution in [0.1, 0.15) is 22.9 Å². The van der Waals surface area contributed by atoms with E-state index in [9.17, 15) is 4.79 Å². The highest BCUT2D eigenvalue weighted by Crippen LogP contribution is 2.35. The van der Waals surface area contributed by atoms with E-state index in [4.69, 9.17) is 0 Å². The molecule has 21 heavy (non-hydrogen) atoms. The molecular formula is C17H15BrN2O. The quantitative estimate of drug-likeness (QED) is 0.863. The third kappa shape index (κ3) is 2.19. The Labute approximate surface area is 132 Å². The van der Waals surface area contributed by atoms with Crippen LogP contribution in [0.15, 0.2) is 53.0 Å². The molecule has 2 aliphatic heterocycles. The van der Waals surface area contributed by atoms with E-state index in [-0.39, 0.29) is 18.1 Å². The van der Waals surface area contributed by atoms with Gasteiger partial charge in [-0.1, -0.05) is 52.3 Å². The fourth-order valence-corrected chi connectivity index (χ4v) is 3.74. The Morgan fingerprint density at radius 2 is 1.90 bits per heavy atom. The SMILES string of the molecule is O=C1NC(c2cccc(Br)c2)N2Cc3ccccc3CC12. The van der Waals surface area contributed by atoms with Crippen LogP contribution in [0.25, 0.3) is 0 Å². The number of carbonyl (C=O) groups excluding carboxylic acids is 1. The highest BCUT2D eigenvalue weighted by molar-refractivity contribution is 9.10. The molecule has 2 unspecified atom stereocenters. The van der Waals surface area contributed by atoms with Crippen molar-refractivity contribution in [3.63, 3.8) is 0 Å². The average Bonchev–Trinajstić information content (AvgIpc) is 2.82. The molecule has 106 valence electrons. The van der Waals surface area contributed by atoms with Crippen LogP contribution in [0.4, 0.5) is 0 Å². The van der Waals surface area contributed by atoms with Gasteiger partial charge in [0.05, 0.1) is 6.04 Å². The largest absolute Gasteiger partial charge is 0.335 e. The molecule has 1 N–H and O–H groups in total. The van der Waals surface area contributed by atoms with E-state index in [1.165, 1.54) is 11.1 Å². The van der Waals surface area contributed by atoms with Crippen molar-refractivity contribution in [3.8, 4) is 0 Å². The molecule has 2 aromatic carbocycles. The number of hydrogen-bond acceptors (Lipinski definition) is 2. The highest BCUT2D eigenvalue weighted by Gasteiger charge is 2.42. The Hall–Kier alpha value is -1.65. The van der Waals surface area contributed by atoms with Crippen molar-refractivity contribution in [3.05, 3.63) is 69.7 Å². The molecule has 0 aromatic heterocycles. The summed E-state index contributed by atoms with van der Waals surface area (Å²) in [6, 6.07) is 16.5. The molecule has 0 radical (unpaired) electrons. The van der Waals surface area contributed by atoms with E-state index < -0.39 is 0 Å². The molecular weight excluding hydrogens is 328 g/mol. The summed E-state index contributed by atoms with van der Waals surface area (Å²) in [4.78, 5) is 14.6. The van der Waals surface area contributed by atoms with Crippen molar-refractivity contribution >= 4 is 21.8 Å². The fourth-order valence-electron chi connectivity index (χ4n) is 3.32. The minimum absolute atomic E-state index is 0.0339. The summed E-state index contributed by atoms with van der Waals surface area (Å²) in [5, 5.41) is 3.14. The Morgan fingerprint density at radius 3 is 2.71 bits per heavy atom. The van der Waals surface area contributed by atoms with Gasteiger partial charge >= 0.3 is 0 Å². The van der Waals surface area contributed by atoms with Crippen molar-refractivity contribution in [1.29, 1.82) is 0 Å². The number of halogens is 1.